The fourth-order valence-corrected chi connectivity index (χ4v) is 3.13. The van der Waals surface area contributed by atoms with Crippen molar-refractivity contribution in [2.45, 2.75) is 6.92 Å². The van der Waals surface area contributed by atoms with Gasteiger partial charge in [0.2, 0.25) is 11.8 Å². The fraction of sp³-hybridized carbons (Fsp3) is 0.286. The van der Waals surface area contributed by atoms with Gasteiger partial charge in [-0.05, 0) is 48.5 Å². The minimum Gasteiger partial charge on any atom is -0.336 e. The molecule has 1 aliphatic heterocycles. The van der Waals surface area contributed by atoms with Crippen LogP contribution in [0.3, 0.4) is 0 Å². The van der Waals surface area contributed by atoms with Gasteiger partial charge in [-0.3, -0.25) is 19.3 Å². The molecule has 2 aromatic carbocycles. The van der Waals surface area contributed by atoms with Crippen LogP contribution in [0.2, 0.25) is 0 Å². The number of hydrogen-bond acceptors (Lipinski definition) is 4. The normalized spacial score (nSPS) is 14.3. The van der Waals surface area contributed by atoms with E-state index < -0.39 is 0 Å². The summed E-state index contributed by atoms with van der Waals surface area (Å²) in [7, 11) is 0. The first kappa shape index (κ1) is 20.5. The number of benzene rings is 2. The number of rotatable bonds is 5. The van der Waals surface area contributed by atoms with Crippen LogP contribution in [0.5, 0.6) is 0 Å². The Morgan fingerprint density at radius 2 is 1.41 bits per heavy atom. The van der Waals surface area contributed by atoms with E-state index in [0.717, 1.165) is 0 Å². The van der Waals surface area contributed by atoms with Crippen LogP contribution in [0.15, 0.2) is 48.5 Å². The number of piperazine rings is 1. The first-order valence-corrected chi connectivity index (χ1v) is 9.35. The molecule has 1 fully saturated rings. The summed E-state index contributed by atoms with van der Waals surface area (Å²) in [6.45, 7) is 3.85. The number of carbonyl (C=O) groups is 3. The summed E-state index contributed by atoms with van der Waals surface area (Å²) in [5.41, 5.74) is 1.77. The topological polar surface area (TPSA) is 81.8 Å². The molecule has 29 heavy (non-hydrogen) atoms. The molecule has 0 unspecified atom stereocenters. The van der Waals surface area contributed by atoms with Gasteiger partial charge in [0.1, 0.15) is 5.82 Å². The lowest BCUT2D eigenvalue weighted by Gasteiger charge is -2.34. The highest BCUT2D eigenvalue weighted by molar-refractivity contribution is 5.94. The first-order chi connectivity index (χ1) is 13.9. The molecule has 0 bridgehead atoms. The molecular weight excluding hydrogens is 375 g/mol. The number of carbonyl (C=O) groups excluding carboxylic acids is 3. The third-order valence-corrected chi connectivity index (χ3v) is 4.61. The van der Waals surface area contributed by atoms with Gasteiger partial charge >= 0.3 is 0 Å². The molecule has 0 radical (unpaired) electrons. The van der Waals surface area contributed by atoms with E-state index >= 15 is 0 Å². The lowest BCUT2D eigenvalue weighted by atomic mass is 10.2. The van der Waals surface area contributed by atoms with Crippen LogP contribution in [-0.4, -0.2) is 60.2 Å². The number of nitrogens with zero attached hydrogens (tertiary/aromatic N) is 2. The summed E-state index contributed by atoms with van der Waals surface area (Å²) >= 11 is 0. The Bertz CT molecular complexity index is 876. The van der Waals surface area contributed by atoms with E-state index in [1.165, 1.54) is 31.2 Å². The Kier molecular flexibility index (Phi) is 6.56. The number of hydrogen-bond donors (Lipinski definition) is 2. The van der Waals surface area contributed by atoms with Crippen molar-refractivity contribution < 1.29 is 18.8 Å². The van der Waals surface area contributed by atoms with Gasteiger partial charge < -0.3 is 15.5 Å². The van der Waals surface area contributed by atoms with Gasteiger partial charge in [-0.25, -0.2) is 4.39 Å². The van der Waals surface area contributed by atoms with Crippen molar-refractivity contribution in [2.24, 2.45) is 0 Å². The number of amides is 3. The number of anilines is 2. The zero-order chi connectivity index (χ0) is 20.8. The van der Waals surface area contributed by atoms with Gasteiger partial charge in [0.25, 0.3) is 5.91 Å². The Morgan fingerprint density at radius 3 is 1.97 bits per heavy atom. The van der Waals surface area contributed by atoms with E-state index in [9.17, 15) is 18.8 Å². The first-order valence-electron chi connectivity index (χ1n) is 9.35. The summed E-state index contributed by atoms with van der Waals surface area (Å²) < 4.78 is 13.0. The second-order valence-electron chi connectivity index (χ2n) is 6.88. The molecule has 3 amide bonds. The van der Waals surface area contributed by atoms with Crippen molar-refractivity contribution in [2.75, 3.05) is 43.4 Å². The van der Waals surface area contributed by atoms with Crippen molar-refractivity contribution in [3.63, 3.8) is 0 Å². The molecule has 0 aromatic heterocycles. The van der Waals surface area contributed by atoms with E-state index in [2.05, 4.69) is 10.6 Å². The Labute approximate surface area is 168 Å². The molecule has 0 atom stereocenters. The smallest absolute Gasteiger partial charge is 0.253 e. The van der Waals surface area contributed by atoms with Crippen molar-refractivity contribution in [3.8, 4) is 0 Å². The summed E-state index contributed by atoms with van der Waals surface area (Å²) in [5.74, 6) is -0.801. The molecule has 2 aromatic rings. The molecule has 1 saturated heterocycles. The third kappa shape index (κ3) is 5.86. The Morgan fingerprint density at radius 1 is 0.862 bits per heavy atom. The second-order valence-corrected chi connectivity index (χ2v) is 6.88. The van der Waals surface area contributed by atoms with Crippen LogP contribution in [0, 0.1) is 5.82 Å². The SMILES string of the molecule is CC(=O)Nc1ccc(NC(=O)CN2CCN(C(=O)c3ccc(F)cc3)CC2)cc1. The van der Waals surface area contributed by atoms with Crippen LogP contribution in [0.1, 0.15) is 17.3 Å². The fourth-order valence-electron chi connectivity index (χ4n) is 3.13. The van der Waals surface area contributed by atoms with Gasteiger partial charge in [0.15, 0.2) is 0 Å². The molecule has 0 aliphatic carbocycles. The van der Waals surface area contributed by atoms with Crippen molar-refractivity contribution in [3.05, 3.63) is 59.9 Å². The van der Waals surface area contributed by atoms with Gasteiger partial charge in [-0.15, -0.1) is 0 Å². The highest BCUT2D eigenvalue weighted by Gasteiger charge is 2.23. The Balaban J connectivity index is 1.45. The average molecular weight is 398 g/mol. The molecular formula is C21H23FN4O3. The lowest BCUT2D eigenvalue weighted by molar-refractivity contribution is -0.117. The molecule has 0 spiro atoms. The summed E-state index contributed by atoms with van der Waals surface area (Å²) in [6.07, 6.45) is 0. The Hall–Kier alpha value is -3.26. The molecule has 1 aliphatic rings. The number of nitrogens with one attached hydrogen (secondary N) is 2. The molecule has 7 nitrogen and oxygen atoms in total. The van der Waals surface area contributed by atoms with E-state index in [1.807, 2.05) is 4.90 Å². The molecule has 0 saturated carbocycles. The van der Waals surface area contributed by atoms with E-state index in [-0.39, 0.29) is 30.1 Å². The monoisotopic (exact) mass is 398 g/mol. The predicted molar refractivity (Wildman–Crippen MR) is 108 cm³/mol. The molecule has 3 rings (SSSR count). The van der Waals surface area contributed by atoms with Crippen LogP contribution >= 0.6 is 0 Å². The molecule has 8 heteroatoms. The van der Waals surface area contributed by atoms with Crippen LogP contribution in [0.4, 0.5) is 15.8 Å². The maximum atomic E-state index is 13.0. The third-order valence-electron chi connectivity index (χ3n) is 4.61. The van der Waals surface area contributed by atoms with Gasteiger partial charge in [-0.1, -0.05) is 0 Å². The minimum atomic E-state index is -0.373. The van der Waals surface area contributed by atoms with Crippen molar-refractivity contribution >= 4 is 29.1 Å². The molecule has 2 N–H and O–H groups in total. The van der Waals surface area contributed by atoms with Crippen molar-refractivity contribution in [1.29, 1.82) is 0 Å². The summed E-state index contributed by atoms with van der Waals surface area (Å²) in [6, 6.07) is 12.4. The second kappa shape index (κ2) is 9.29. The summed E-state index contributed by atoms with van der Waals surface area (Å²) in [4.78, 5) is 39.5. The molecule has 152 valence electrons. The molecule has 1 heterocycles. The maximum absolute atomic E-state index is 13.0. The van der Waals surface area contributed by atoms with E-state index in [4.69, 9.17) is 0 Å². The van der Waals surface area contributed by atoms with E-state index in [1.54, 1.807) is 29.2 Å². The van der Waals surface area contributed by atoms with Crippen LogP contribution in [-0.2, 0) is 9.59 Å². The minimum absolute atomic E-state index is 0.131. The maximum Gasteiger partial charge on any atom is 0.253 e. The van der Waals surface area contributed by atoms with Crippen molar-refractivity contribution in [1.82, 2.24) is 9.80 Å². The average Bonchev–Trinajstić information content (AvgIpc) is 2.70. The quantitative estimate of drug-likeness (QED) is 0.809. The predicted octanol–water partition coefficient (Wildman–Crippen LogP) is 2.18. The van der Waals surface area contributed by atoms with Crippen LogP contribution < -0.4 is 10.6 Å². The van der Waals surface area contributed by atoms with E-state index in [0.29, 0.717) is 43.1 Å². The largest absolute Gasteiger partial charge is 0.336 e. The number of halogens is 1. The summed E-state index contributed by atoms with van der Waals surface area (Å²) in [5, 5.41) is 5.49. The van der Waals surface area contributed by atoms with Gasteiger partial charge in [0, 0.05) is 50.0 Å². The zero-order valence-electron chi connectivity index (χ0n) is 16.2. The highest BCUT2D eigenvalue weighted by atomic mass is 19.1. The van der Waals surface area contributed by atoms with Gasteiger partial charge in [0.05, 0.1) is 6.54 Å². The van der Waals surface area contributed by atoms with Gasteiger partial charge in [-0.2, -0.15) is 0 Å². The van der Waals surface area contributed by atoms with Crippen LogP contribution in [0.25, 0.3) is 0 Å². The highest BCUT2D eigenvalue weighted by Crippen LogP contribution is 2.14. The standard InChI is InChI=1S/C21H23FN4O3/c1-15(27)23-18-6-8-19(9-7-18)24-20(28)14-25-10-12-26(13-11-25)21(29)16-2-4-17(22)5-3-16/h2-9H,10-14H2,1H3,(H,23,27)(H,24,28). The zero-order valence-corrected chi connectivity index (χ0v) is 16.2. The lowest BCUT2D eigenvalue weighted by Crippen LogP contribution is -2.50.